The highest BCUT2D eigenvalue weighted by Gasteiger charge is 2.23. The van der Waals surface area contributed by atoms with Gasteiger partial charge in [0, 0.05) is 6.07 Å². The molecule has 1 aromatic carbocycles. The van der Waals surface area contributed by atoms with E-state index in [1.807, 2.05) is 0 Å². The number of benzene rings is 1. The lowest BCUT2D eigenvalue weighted by Gasteiger charge is -2.07. The van der Waals surface area contributed by atoms with Gasteiger partial charge >= 0.3 is 0 Å². The van der Waals surface area contributed by atoms with E-state index >= 15 is 0 Å². The van der Waals surface area contributed by atoms with Crippen molar-refractivity contribution < 1.29 is 9.72 Å². The highest BCUT2D eigenvalue weighted by Crippen LogP contribution is 2.30. The van der Waals surface area contributed by atoms with Gasteiger partial charge in [-0.05, 0) is 25.5 Å². The molecule has 1 unspecified atom stereocenters. The SMILES string of the molecule is CC(=O)C(Cl)c1ccc(C)cc1[N+](=O)[O-]. The number of hydrogen-bond acceptors (Lipinski definition) is 3. The fraction of sp³-hybridized carbons (Fsp3) is 0.300. The standard InChI is InChI=1S/C10H10ClNO3/c1-6-3-4-8(10(11)7(2)13)9(5-6)12(14)15/h3-5,10H,1-2H3. The molecule has 0 aliphatic rings. The summed E-state index contributed by atoms with van der Waals surface area (Å²) in [6.45, 7) is 3.05. The molecule has 0 heterocycles. The van der Waals surface area contributed by atoms with E-state index in [1.165, 1.54) is 19.1 Å². The Hall–Kier alpha value is -1.42. The molecular formula is C10H10ClNO3. The minimum atomic E-state index is -0.953. The van der Waals surface area contributed by atoms with Crippen molar-refractivity contribution in [2.75, 3.05) is 0 Å². The highest BCUT2D eigenvalue weighted by atomic mass is 35.5. The Morgan fingerprint density at radius 1 is 1.53 bits per heavy atom. The summed E-state index contributed by atoms with van der Waals surface area (Å²) in [6, 6.07) is 4.63. The molecule has 0 saturated carbocycles. The van der Waals surface area contributed by atoms with Crippen molar-refractivity contribution in [2.45, 2.75) is 19.2 Å². The Morgan fingerprint density at radius 3 is 2.60 bits per heavy atom. The van der Waals surface area contributed by atoms with Gasteiger partial charge in [-0.3, -0.25) is 14.9 Å². The first-order valence-corrected chi connectivity index (χ1v) is 4.76. The Bertz CT molecular complexity index is 417. The van der Waals surface area contributed by atoms with Crippen LogP contribution in [0, 0.1) is 17.0 Å². The number of halogens is 1. The molecule has 0 radical (unpaired) electrons. The van der Waals surface area contributed by atoms with Crippen molar-refractivity contribution in [2.24, 2.45) is 0 Å². The Balaban J connectivity index is 3.28. The molecule has 0 bridgehead atoms. The zero-order valence-corrected chi connectivity index (χ0v) is 9.12. The van der Waals surface area contributed by atoms with Gasteiger partial charge in [-0.15, -0.1) is 11.6 Å². The summed E-state index contributed by atoms with van der Waals surface area (Å²) < 4.78 is 0. The van der Waals surface area contributed by atoms with Crippen molar-refractivity contribution >= 4 is 23.1 Å². The van der Waals surface area contributed by atoms with E-state index < -0.39 is 10.3 Å². The number of carbonyl (C=O) groups is 1. The number of nitro groups is 1. The van der Waals surface area contributed by atoms with Crippen LogP contribution in [0.4, 0.5) is 5.69 Å². The molecule has 1 rings (SSSR count). The Morgan fingerprint density at radius 2 is 2.13 bits per heavy atom. The van der Waals surface area contributed by atoms with Crippen LogP contribution in [-0.4, -0.2) is 10.7 Å². The second-order valence-corrected chi connectivity index (χ2v) is 3.73. The fourth-order valence-corrected chi connectivity index (χ4v) is 1.43. The summed E-state index contributed by atoms with van der Waals surface area (Å²) >= 11 is 5.79. The van der Waals surface area contributed by atoms with E-state index in [0.717, 1.165) is 5.56 Å². The maximum atomic E-state index is 11.0. The monoisotopic (exact) mass is 227 g/mol. The number of nitrogens with zero attached hydrogens (tertiary/aromatic N) is 1. The van der Waals surface area contributed by atoms with E-state index in [9.17, 15) is 14.9 Å². The summed E-state index contributed by atoms with van der Waals surface area (Å²) in [6.07, 6.45) is 0. The van der Waals surface area contributed by atoms with Gasteiger partial charge in [-0.25, -0.2) is 0 Å². The number of rotatable bonds is 3. The minimum Gasteiger partial charge on any atom is -0.298 e. The molecule has 0 aliphatic heterocycles. The van der Waals surface area contributed by atoms with Crippen LogP contribution in [-0.2, 0) is 4.79 Å². The van der Waals surface area contributed by atoms with Crippen molar-refractivity contribution in [3.63, 3.8) is 0 Å². The van der Waals surface area contributed by atoms with Gasteiger partial charge in [-0.1, -0.05) is 6.07 Å². The second kappa shape index (κ2) is 4.40. The topological polar surface area (TPSA) is 60.2 Å². The Kier molecular flexibility index (Phi) is 3.42. The van der Waals surface area contributed by atoms with Crippen molar-refractivity contribution in [1.82, 2.24) is 0 Å². The van der Waals surface area contributed by atoms with Crippen LogP contribution in [0.15, 0.2) is 18.2 Å². The number of nitro benzene ring substituents is 1. The van der Waals surface area contributed by atoms with E-state index in [2.05, 4.69) is 0 Å². The molecule has 0 N–H and O–H groups in total. The predicted molar refractivity (Wildman–Crippen MR) is 57.1 cm³/mol. The number of carbonyl (C=O) groups excluding carboxylic acids is 1. The molecule has 0 amide bonds. The van der Waals surface area contributed by atoms with Gasteiger partial charge in [0.2, 0.25) is 0 Å². The van der Waals surface area contributed by atoms with Crippen LogP contribution >= 0.6 is 11.6 Å². The maximum Gasteiger partial charge on any atom is 0.274 e. The molecular weight excluding hydrogens is 218 g/mol. The molecule has 15 heavy (non-hydrogen) atoms. The largest absolute Gasteiger partial charge is 0.298 e. The third-order valence-corrected chi connectivity index (χ3v) is 2.56. The molecule has 0 aromatic heterocycles. The summed E-state index contributed by atoms with van der Waals surface area (Å²) in [5, 5.41) is 9.78. The smallest absolute Gasteiger partial charge is 0.274 e. The van der Waals surface area contributed by atoms with Gasteiger partial charge in [0.05, 0.1) is 10.5 Å². The molecule has 1 aromatic rings. The molecule has 0 aliphatic carbocycles. The van der Waals surface area contributed by atoms with Crippen LogP contribution in [0.2, 0.25) is 0 Å². The first-order valence-electron chi connectivity index (χ1n) is 4.33. The predicted octanol–water partition coefficient (Wildman–Crippen LogP) is 2.77. The molecule has 0 spiro atoms. The van der Waals surface area contributed by atoms with Gasteiger partial charge in [0.1, 0.15) is 5.38 Å². The maximum absolute atomic E-state index is 11.0. The van der Waals surface area contributed by atoms with Crippen LogP contribution in [0.5, 0.6) is 0 Å². The van der Waals surface area contributed by atoms with Gasteiger partial charge < -0.3 is 0 Å². The van der Waals surface area contributed by atoms with Gasteiger partial charge in [0.25, 0.3) is 5.69 Å². The number of alkyl halides is 1. The normalized spacial score (nSPS) is 12.2. The third-order valence-electron chi connectivity index (χ3n) is 2.01. The molecule has 1 atom stereocenters. The number of Topliss-reactive ketones (excluding diaryl/α,β-unsaturated/α-hetero) is 1. The number of aryl methyl sites for hydroxylation is 1. The molecule has 5 heteroatoms. The van der Waals surface area contributed by atoms with E-state index in [4.69, 9.17) is 11.6 Å². The van der Waals surface area contributed by atoms with E-state index in [0.29, 0.717) is 0 Å². The second-order valence-electron chi connectivity index (χ2n) is 3.29. The lowest BCUT2D eigenvalue weighted by atomic mass is 10.0. The van der Waals surface area contributed by atoms with Crippen molar-refractivity contribution in [3.8, 4) is 0 Å². The van der Waals surface area contributed by atoms with Crippen LogP contribution < -0.4 is 0 Å². The first kappa shape index (κ1) is 11.7. The van der Waals surface area contributed by atoms with Gasteiger partial charge in [-0.2, -0.15) is 0 Å². The fourth-order valence-electron chi connectivity index (χ4n) is 1.25. The lowest BCUT2D eigenvalue weighted by Crippen LogP contribution is -2.05. The molecule has 4 nitrogen and oxygen atoms in total. The average molecular weight is 228 g/mol. The summed E-state index contributed by atoms with van der Waals surface area (Å²) in [5.74, 6) is -0.302. The highest BCUT2D eigenvalue weighted by molar-refractivity contribution is 6.31. The van der Waals surface area contributed by atoms with E-state index in [-0.39, 0.29) is 17.0 Å². The average Bonchev–Trinajstić information content (AvgIpc) is 2.16. The lowest BCUT2D eigenvalue weighted by molar-refractivity contribution is -0.385. The molecule has 80 valence electrons. The Labute approximate surface area is 92.0 Å². The van der Waals surface area contributed by atoms with Crippen LogP contribution in [0.25, 0.3) is 0 Å². The zero-order valence-electron chi connectivity index (χ0n) is 8.36. The minimum absolute atomic E-state index is 0.106. The van der Waals surface area contributed by atoms with E-state index in [1.54, 1.807) is 13.0 Å². The summed E-state index contributed by atoms with van der Waals surface area (Å²) in [7, 11) is 0. The van der Waals surface area contributed by atoms with Crippen molar-refractivity contribution in [1.29, 1.82) is 0 Å². The zero-order chi connectivity index (χ0) is 11.6. The molecule has 0 fully saturated rings. The quantitative estimate of drug-likeness (QED) is 0.453. The summed E-state index contributed by atoms with van der Waals surface area (Å²) in [5.41, 5.74) is 0.905. The van der Waals surface area contributed by atoms with Crippen LogP contribution in [0.1, 0.15) is 23.4 Å². The summed E-state index contributed by atoms with van der Waals surface area (Å²) in [4.78, 5) is 21.3. The first-order chi connectivity index (χ1) is 6.93. The number of hydrogen-bond donors (Lipinski definition) is 0. The van der Waals surface area contributed by atoms with Crippen molar-refractivity contribution in [3.05, 3.63) is 39.4 Å². The van der Waals surface area contributed by atoms with Crippen LogP contribution in [0.3, 0.4) is 0 Å². The van der Waals surface area contributed by atoms with Gasteiger partial charge in [0.15, 0.2) is 5.78 Å². The number of ketones is 1. The third kappa shape index (κ3) is 2.53. The molecule has 0 saturated heterocycles.